The van der Waals surface area contributed by atoms with E-state index in [0.717, 1.165) is 19.2 Å². The van der Waals surface area contributed by atoms with Gasteiger partial charge in [-0.2, -0.15) is 0 Å². The van der Waals surface area contributed by atoms with E-state index in [1.54, 1.807) is 0 Å². The Hall–Kier alpha value is -1.47. The van der Waals surface area contributed by atoms with Crippen molar-refractivity contribution in [3.63, 3.8) is 0 Å². The fourth-order valence-corrected chi connectivity index (χ4v) is 2.05. The number of pyridine rings is 1. The normalized spacial score (nSPS) is 14.8. The molecule has 0 saturated heterocycles. The number of hydrogen-bond acceptors (Lipinski definition) is 5. The third-order valence-corrected chi connectivity index (χ3v) is 3.23. The van der Waals surface area contributed by atoms with Crippen molar-refractivity contribution in [2.24, 2.45) is 5.84 Å². The molecule has 1 aliphatic carbocycles. The summed E-state index contributed by atoms with van der Waals surface area (Å²) in [6, 6.07) is 1.43. The van der Waals surface area contributed by atoms with Crippen molar-refractivity contribution >= 4 is 11.6 Å². The van der Waals surface area contributed by atoms with E-state index in [2.05, 4.69) is 27.6 Å². The molecule has 1 aromatic rings. The molecule has 0 bridgehead atoms. The van der Waals surface area contributed by atoms with Gasteiger partial charge in [0, 0.05) is 25.2 Å². The second-order valence-corrected chi connectivity index (χ2v) is 4.58. The summed E-state index contributed by atoms with van der Waals surface area (Å²) in [5.74, 6) is 3.43. The molecule has 0 aliphatic heterocycles. The predicted octanol–water partition coefficient (Wildman–Crippen LogP) is 1.54. The molecule has 106 valence electrons. The van der Waals surface area contributed by atoms with Gasteiger partial charge in [0.15, 0.2) is 23.3 Å². The van der Waals surface area contributed by atoms with Gasteiger partial charge in [-0.15, -0.1) is 0 Å². The van der Waals surface area contributed by atoms with Gasteiger partial charge in [-0.3, -0.25) is 4.90 Å². The van der Waals surface area contributed by atoms with E-state index in [9.17, 15) is 8.78 Å². The van der Waals surface area contributed by atoms with Gasteiger partial charge in [0.1, 0.15) is 0 Å². The Labute approximate surface area is 111 Å². The molecular weight excluding hydrogens is 252 g/mol. The molecule has 0 spiro atoms. The number of anilines is 2. The Morgan fingerprint density at radius 3 is 2.63 bits per heavy atom. The highest BCUT2D eigenvalue weighted by atomic mass is 19.1. The maximum absolute atomic E-state index is 13.5. The number of halogens is 2. The molecule has 5 nitrogen and oxygen atoms in total. The molecule has 1 aliphatic rings. The molecule has 0 aromatic carbocycles. The molecular formula is C12H19F2N5. The second kappa shape index (κ2) is 6.12. The van der Waals surface area contributed by atoms with Gasteiger partial charge in [0.05, 0.1) is 0 Å². The number of rotatable bonds is 7. The Kier molecular flexibility index (Phi) is 4.49. The summed E-state index contributed by atoms with van der Waals surface area (Å²) in [7, 11) is 0. The van der Waals surface area contributed by atoms with Gasteiger partial charge in [0.2, 0.25) is 0 Å². The first-order valence-corrected chi connectivity index (χ1v) is 6.46. The van der Waals surface area contributed by atoms with Crippen LogP contribution >= 0.6 is 0 Å². The lowest BCUT2D eigenvalue weighted by Crippen LogP contribution is -2.31. The van der Waals surface area contributed by atoms with Crippen molar-refractivity contribution in [1.82, 2.24) is 9.88 Å². The van der Waals surface area contributed by atoms with Crippen molar-refractivity contribution in [3.05, 3.63) is 17.7 Å². The van der Waals surface area contributed by atoms with Crippen LogP contribution in [0.2, 0.25) is 0 Å². The van der Waals surface area contributed by atoms with E-state index in [0.29, 0.717) is 12.6 Å². The Morgan fingerprint density at radius 1 is 1.37 bits per heavy atom. The van der Waals surface area contributed by atoms with Gasteiger partial charge in [-0.05, 0) is 19.4 Å². The third-order valence-electron chi connectivity index (χ3n) is 3.23. The minimum absolute atomic E-state index is 0.0150. The second-order valence-electron chi connectivity index (χ2n) is 4.58. The van der Waals surface area contributed by atoms with Crippen LogP contribution in [0.1, 0.15) is 19.8 Å². The minimum atomic E-state index is -0.807. The quantitative estimate of drug-likeness (QED) is 0.518. The van der Waals surface area contributed by atoms with Gasteiger partial charge in [0.25, 0.3) is 0 Å². The zero-order valence-corrected chi connectivity index (χ0v) is 10.9. The molecule has 1 fully saturated rings. The van der Waals surface area contributed by atoms with E-state index in [4.69, 9.17) is 5.84 Å². The first-order valence-electron chi connectivity index (χ1n) is 6.46. The lowest BCUT2D eigenvalue weighted by Gasteiger charge is -2.20. The van der Waals surface area contributed by atoms with E-state index >= 15 is 0 Å². The molecule has 1 saturated carbocycles. The van der Waals surface area contributed by atoms with Crippen LogP contribution in [0.15, 0.2) is 6.07 Å². The summed E-state index contributed by atoms with van der Waals surface area (Å²) in [5.41, 5.74) is 2.10. The summed E-state index contributed by atoms with van der Waals surface area (Å²) in [5, 5.41) is 2.87. The Morgan fingerprint density at radius 2 is 2.05 bits per heavy atom. The van der Waals surface area contributed by atoms with Crippen LogP contribution in [-0.2, 0) is 0 Å². The van der Waals surface area contributed by atoms with Crippen LogP contribution in [0, 0.1) is 11.6 Å². The first-order chi connectivity index (χ1) is 9.15. The highest BCUT2D eigenvalue weighted by Crippen LogP contribution is 2.26. The summed E-state index contributed by atoms with van der Waals surface area (Å²) in [4.78, 5) is 6.09. The maximum Gasteiger partial charge on any atom is 0.178 e. The number of hydrogen-bond donors (Lipinski definition) is 3. The van der Waals surface area contributed by atoms with Gasteiger partial charge >= 0.3 is 0 Å². The van der Waals surface area contributed by atoms with Crippen molar-refractivity contribution in [2.45, 2.75) is 25.8 Å². The average Bonchev–Trinajstić information content (AvgIpc) is 3.21. The topological polar surface area (TPSA) is 66.2 Å². The molecule has 0 radical (unpaired) electrons. The van der Waals surface area contributed by atoms with E-state index in [-0.39, 0.29) is 11.6 Å². The number of hydrazine groups is 1. The summed E-state index contributed by atoms with van der Waals surface area (Å²) >= 11 is 0. The van der Waals surface area contributed by atoms with Crippen molar-refractivity contribution in [2.75, 3.05) is 30.4 Å². The van der Waals surface area contributed by atoms with Crippen molar-refractivity contribution < 1.29 is 8.78 Å². The highest BCUT2D eigenvalue weighted by molar-refractivity contribution is 5.46. The standard InChI is InChI=1S/C12H19F2N5/c1-2-19(8-3-4-8)6-5-16-11-9(13)7-10(14)12(17-11)18-15/h7-8H,2-6,15H2,1H3,(H2,16,17,18). The van der Waals surface area contributed by atoms with Crippen LogP contribution in [0.5, 0.6) is 0 Å². The maximum atomic E-state index is 13.5. The SMILES string of the molecule is CCN(CCNc1nc(NN)c(F)cc1F)C1CC1. The Balaban J connectivity index is 1.91. The summed E-state index contributed by atoms with van der Waals surface area (Å²) in [6.07, 6.45) is 2.47. The van der Waals surface area contributed by atoms with Crippen LogP contribution in [0.3, 0.4) is 0 Å². The number of aromatic nitrogens is 1. The molecule has 0 atom stereocenters. The fraction of sp³-hybridized carbons (Fsp3) is 0.583. The van der Waals surface area contributed by atoms with E-state index in [1.807, 2.05) is 0 Å². The third kappa shape index (κ3) is 3.51. The summed E-state index contributed by atoms with van der Waals surface area (Å²) in [6.45, 7) is 4.45. The molecule has 1 aromatic heterocycles. The monoisotopic (exact) mass is 271 g/mol. The van der Waals surface area contributed by atoms with Crippen LogP contribution in [0.25, 0.3) is 0 Å². The molecule has 1 heterocycles. The highest BCUT2D eigenvalue weighted by Gasteiger charge is 2.27. The van der Waals surface area contributed by atoms with E-state index in [1.165, 1.54) is 12.8 Å². The predicted molar refractivity (Wildman–Crippen MR) is 70.7 cm³/mol. The number of nitrogen functional groups attached to an aromatic ring is 1. The number of likely N-dealkylation sites (N-methyl/N-ethyl adjacent to an activating group) is 1. The molecule has 2 rings (SSSR count). The largest absolute Gasteiger partial charge is 0.366 e. The number of nitrogens with two attached hydrogens (primary N) is 1. The molecule has 19 heavy (non-hydrogen) atoms. The zero-order chi connectivity index (χ0) is 13.8. The summed E-state index contributed by atoms with van der Waals surface area (Å²) < 4.78 is 26.7. The van der Waals surface area contributed by atoms with Crippen LogP contribution < -0.4 is 16.6 Å². The van der Waals surface area contributed by atoms with Crippen LogP contribution in [0.4, 0.5) is 20.4 Å². The smallest absolute Gasteiger partial charge is 0.178 e. The average molecular weight is 271 g/mol. The Bertz CT molecular complexity index is 436. The molecule has 4 N–H and O–H groups in total. The molecule has 0 unspecified atom stereocenters. The lowest BCUT2D eigenvalue weighted by molar-refractivity contribution is 0.289. The minimum Gasteiger partial charge on any atom is -0.366 e. The molecule has 7 heteroatoms. The zero-order valence-electron chi connectivity index (χ0n) is 10.9. The number of nitrogens with one attached hydrogen (secondary N) is 2. The van der Waals surface area contributed by atoms with Crippen molar-refractivity contribution in [1.29, 1.82) is 0 Å². The van der Waals surface area contributed by atoms with Gasteiger partial charge in [-0.1, -0.05) is 6.92 Å². The molecule has 0 amide bonds. The fourth-order valence-electron chi connectivity index (χ4n) is 2.05. The first kappa shape index (κ1) is 14.0. The number of nitrogens with zero attached hydrogens (tertiary/aromatic N) is 2. The van der Waals surface area contributed by atoms with Gasteiger partial charge < -0.3 is 10.7 Å². The van der Waals surface area contributed by atoms with Gasteiger partial charge in [-0.25, -0.2) is 19.6 Å². The lowest BCUT2D eigenvalue weighted by atomic mass is 10.4. The van der Waals surface area contributed by atoms with Crippen molar-refractivity contribution in [3.8, 4) is 0 Å². The van der Waals surface area contributed by atoms with Crippen LogP contribution in [-0.4, -0.2) is 35.6 Å². The van der Waals surface area contributed by atoms with E-state index < -0.39 is 11.6 Å².